The number of hydrogen-bond donors (Lipinski definition) is 2. The Hall–Kier alpha value is -3.18. The predicted octanol–water partition coefficient (Wildman–Crippen LogP) is 2.94. The Labute approximate surface area is 144 Å². The lowest BCUT2D eigenvalue weighted by molar-refractivity contribution is -0.117. The van der Waals surface area contributed by atoms with Gasteiger partial charge in [-0.1, -0.05) is 43.0 Å². The van der Waals surface area contributed by atoms with Crippen LogP contribution in [0.3, 0.4) is 0 Å². The van der Waals surface area contributed by atoms with Crippen molar-refractivity contribution in [2.45, 2.75) is 12.5 Å². The van der Waals surface area contributed by atoms with Crippen LogP contribution in [0.2, 0.25) is 0 Å². The molecule has 1 aromatic heterocycles. The average Bonchev–Trinajstić information content (AvgIpc) is 2.61. The number of hydrogen-bond acceptors (Lipinski definition) is 4. The number of nitrogens with two attached hydrogens (primary N) is 1. The zero-order valence-electron chi connectivity index (χ0n) is 13.6. The van der Waals surface area contributed by atoms with Crippen LogP contribution in [0.25, 0.3) is 17.0 Å². The van der Waals surface area contributed by atoms with Gasteiger partial charge < -0.3 is 15.5 Å². The van der Waals surface area contributed by atoms with Gasteiger partial charge in [-0.3, -0.25) is 4.79 Å². The zero-order chi connectivity index (χ0) is 17.8. The van der Waals surface area contributed by atoms with Gasteiger partial charge in [-0.15, -0.1) is 0 Å². The number of fused-ring (bicyclic) bond motifs is 1. The zero-order valence-corrected chi connectivity index (χ0v) is 13.6. The Morgan fingerprint density at radius 3 is 2.68 bits per heavy atom. The van der Waals surface area contributed by atoms with Gasteiger partial charge in [-0.25, -0.2) is 4.79 Å². The Bertz CT molecular complexity index is 977. The maximum Gasteiger partial charge on any atom is 0.336 e. The standard InChI is InChI=1S/C20H18N2O3/c1-2-14-11-19(23)25-18-12-15(8-9-16(14)18)22-20(24)17(21)10-13-6-4-3-5-7-13/h2-9,11-12,17H,1,10,21H2,(H,22,24). The van der Waals surface area contributed by atoms with Crippen LogP contribution in [0, 0.1) is 0 Å². The molecule has 0 radical (unpaired) electrons. The van der Waals surface area contributed by atoms with E-state index in [4.69, 9.17) is 10.2 Å². The molecule has 1 heterocycles. The van der Waals surface area contributed by atoms with Crippen molar-refractivity contribution in [2.24, 2.45) is 5.73 Å². The van der Waals surface area contributed by atoms with Crippen molar-refractivity contribution in [3.8, 4) is 0 Å². The number of benzene rings is 2. The summed E-state index contributed by atoms with van der Waals surface area (Å²) in [6.07, 6.45) is 2.03. The molecule has 3 aromatic rings. The van der Waals surface area contributed by atoms with Crippen LogP contribution in [0.4, 0.5) is 5.69 Å². The molecular formula is C20H18N2O3. The molecule has 0 saturated heterocycles. The molecule has 1 unspecified atom stereocenters. The summed E-state index contributed by atoms with van der Waals surface area (Å²) < 4.78 is 5.20. The van der Waals surface area contributed by atoms with Crippen LogP contribution in [0.1, 0.15) is 11.1 Å². The second-order valence-electron chi connectivity index (χ2n) is 5.72. The normalized spacial score (nSPS) is 11.9. The number of carbonyl (C=O) groups excluding carboxylic acids is 1. The summed E-state index contributed by atoms with van der Waals surface area (Å²) in [4.78, 5) is 23.9. The summed E-state index contributed by atoms with van der Waals surface area (Å²) in [6, 6.07) is 15.4. The van der Waals surface area contributed by atoms with Crippen molar-refractivity contribution in [1.29, 1.82) is 0 Å². The van der Waals surface area contributed by atoms with Crippen molar-refractivity contribution in [1.82, 2.24) is 0 Å². The molecule has 5 heteroatoms. The SMILES string of the molecule is C=Cc1cc(=O)oc2cc(NC(=O)C(N)Cc3ccccc3)ccc12. The van der Waals surface area contributed by atoms with Gasteiger partial charge in [0, 0.05) is 23.2 Å². The topological polar surface area (TPSA) is 85.3 Å². The molecule has 25 heavy (non-hydrogen) atoms. The van der Waals surface area contributed by atoms with Crippen LogP contribution in [-0.2, 0) is 11.2 Å². The third kappa shape index (κ3) is 3.84. The van der Waals surface area contributed by atoms with E-state index in [2.05, 4.69) is 11.9 Å². The van der Waals surface area contributed by atoms with E-state index < -0.39 is 11.7 Å². The first-order chi connectivity index (χ1) is 12.1. The molecule has 0 spiro atoms. The lowest BCUT2D eigenvalue weighted by atomic mass is 10.1. The molecule has 0 saturated carbocycles. The summed E-state index contributed by atoms with van der Waals surface area (Å²) in [6.45, 7) is 3.69. The lowest BCUT2D eigenvalue weighted by Crippen LogP contribution is -2.37. The Kier molecular flexibility index (Phi) is 4.77. The Balaban J connectivity index is 1.79. The molecular weight excluding hydrogens is 316 g/mol. The molecule has 3 N–H and O–H groups in total. The third-order valence-electron chi connectivity index (χ3n) is 3.90. The van der Waals surface area contributed by atoms with E-state index in [1.54, 1.807) is 24.3 Å². The third-order valence-corrected chi connectivity index (χ3v) is 3.90. The fourth-order valence-electron chi connectivity index (χ4n) is 2.63. The number of nitrogens with one attached hydrogen (secondary N) is 1. The quantitative estimate of drug-likeness (QED) is 0.703. The van der Waals surface area contributed by atoms with Gasteiger partial charge in [-0.2, -0.15) is 0 Å². The fourth-order valence-corrected chi connectivity index (χ4v) is 2.63. The highest BCUT2D eigenvalue weighted by Gasteiger charge is 2.15. The van der Waals surface area contributed by atoms with Crippen molar-refractivity contribution in [3.63, 3.8) is 0 Å². The minimum atomic E-state index is -0.676. The second-order valence-corrected chi connectivity index (χ2v) is 5.72. The van der Waals surface area contributed by atoms with E-state index in [1.165, 1.54) is 6.07 Å². The van der Waals surface area contributed by atoms with E-state index in [9.17, 15) is 9.59 Å². The lowest BCUT2D eigenvalue weighted by Gasteiger charge is -2.13. The maximum atomic E-state index is 12.3. The largest absolute Gasteiger partial charge is 0.423 e. The van der Waals surface area contributed by atoms with Crippen LogP contribution < -0.4 is 16.7 Å². The summed E-state index contributed by atoms with van der Waals surface area (Å²) in [5.41, 5.74) is 8.10. The van der Waals surface area contributed by atoms with Crippen molar-refractivity contribution < 1.29 is 9.21 Å². The molecule has 0 bridgehead atoms. The van der Waals surface area contributed by atoms with Gasteiger partial charge >= 0.3 is 5.63 Å². The van der Waals surface area contributed by atoms with Crippen LogP contribution in [-0.4, -0.2) is 11.9 Å². The van der Waals surface area contributed by atoms with Gasteiger partial charge in [-0.05, 0) is 29.7 Å². The van der Waals surface area contributed by atoms with E-state index in [-0.39, 0.29) is 5.91 Å². The summed E-state index contributed by atoms with van der Waals surface area (Å²) in [7, 11) is 0. The Morgan fingerprint density at radius 2 is 1.96 bits per heavy atom. The molecule has 0 fully saturated rings. The van der Waals surface area contributed by atoms with Gasteiger partial charge in [0.05, 0.1) is 6.04 Å². The number of rotatable bonds is 5. The first-order valence-electron chi connectivity index (χ1n) is 7.87. The highest BCUT2D eigenvalue weighted by molar-refractivity contribution is 5.97. The van der Waals surface area contributed by atoms with Gasteiger partial charge in [0.2, 0.25) is 5.91 Å². The highest BCUT2D eigenvalue weighted by Crippen LogP contribution is 2.22. The number of anilines is 1. The number of carbonyl (C=O) groups is 1. The molecule has 5 nitrogen and oxygen atoms in total. The minimum Gasteiger partial charge on any atom is -0.423 e. The molecule has 2 aromatic carbocycles. The second kappa shape index (κ2) is 7.15. The molecule has 126 valence electrons. The molecule has 0 aliphatic rings. The Morgan fingerprint density at radius 1 is 1.20 bits per heavy atom. The summed E-state index contributed by atoms with van der Waals surface area (Å²) >= 11 is 0. The highest BCUT2D eigenvalue weighted by atomic mass is 16.4. The van der Waals surface area contributed by atoms with Crippen LogP contribution in [0.5, 0.6) is 0 Å². The molecule has 1 amide bonds. The van der Waals surface area contributed by atoms with Crippen LogP contribution >= 0.6 is 0 Å². The first kappa shape index (κ1) is 16.7. The molecule has 3 rings (SSSR count). The predicted molar refractivity (Wildman–Crippen MR) is 99.3 cm³/mol. The van der Waals surface area contributed by atoms with E-state index in [0.717, 1.165) is 10.9 Å². The summed E-state index contributed by atoms with van der Waals surface area (Å²) in [5, 5.41) is 3.51. The fraction of sp³-hybridized carbons (Fsp3) is 0.100. The van der Waals surface area contributed by atoms with Gasteiger partial charge in [0.1, 0.15) is 5.58 Å². The van der Waals surface area contributed by atoms with Crippen molar-refractivity contribution in [2.75, 3.05) is 5.32 Å². The van der Waals surface area contributed by atoms with Gasteiger partial charge in [0.15, 0.2) is 0 Å². The smallest absolute Gasteiger partial charge is 0.336 e. The van der Waals surface area contributed by atoms with Gasteiger partial charge in [0.25, 0.3) is 0 Å². The first-order valence-corrected chi connectivity index (χ1v) is 7.87. The number of amides is 1. The average molecular weight is 334 g/mol. The van der Waals surface area contributed by atoms with Crippen LogP contribution in [0.15, 0.2) is 70.4 Å². The molecule has 1 atom stereocenters. The van der Waals surface area contributed by atoms with E-state index >= 15 is 0 Å². The van der Waals surface area contributed by atoms with E-state index in [1.807, 2.05) is 30.3 Å². The van der Waals surface area contributed by atoms with E-state index in [0.29, 0.717) is 23.3 Å². The molecule has 0 aliphatic heterocycles. The van der Waals surface area contributed by atoms with Crippen molar-refractivity contribution >= 4 is 28.6 Å². The molecule has 0 aliphatic carbocycles. The van der Waals surface area contributed by atoms with Crippen molar-refractivity contribution in [3.05, 3.63) is 82.7 Å². The monoisotopic (exact) mass is 334 g/mol. The maximum absolute atomic E-state index is 12.3. The summed E-state index contributed by atoms with van der Waals surface area (Å²) in [5.74, 6) is -0.301. The minimum absolute atomic E-state index is 0.301.